The average molecular weight is 289 g/mol. The van der Waals surface area contributed by atoms with E-state index in [2.05, 4.69) is 42.3 Å². The second-order valence-corrected chi connectivity index (χ2v) is 6.90. The quantitative estimate of drug-likeness (QED) is 0.897. The molecule has 20 heavy (non-hydrogen) atoms. The number of aromatic amines is 1. The predicted molar refractivity (Wildman–Crippen MR) is 86.4 cm³/mol. The number of benzene rings is 1. The van der Waals surface area contributed by atoms with Crippen LogP contribution in [-0.4, -0.2) is 27.8 Å². The average Bonchev–Trinajstić information content (AvgIpc) is 2.82. The molecule has 2 atom stereocenters. The summed E-state index contributed by atoms with van der Waals surface area (Å²) in [6.07, 6.45) is 5.29. The molecular formula is C16H23N3S. The van der Waals surface area contributed by atoms with Crippen molar-refractivity contribution in [2.24, 2.45) is 0 Å². The molecule has 4 heteroatoms. The number of nitrogens with one attached hydrogen (secondary N) is 2. The molecule has 1 aromatic heterocycles. The third kappa shape index (κ3) is 3.01. The summed E-state index contributed by atoms with van der Waals surface area (Å²) in [4.78, 5) is 8.19. The molecule has 1 saturated carbocycles. The molecule has 1 aromatic carbocycles. The summed E-state index contributed by atoms with van der Waals surface area (Å²) in [5, 5.41) is 5.35. The van der Waals surface area contributed by atoms with E-state index in [1.54, 1.807) is 0 Å². The molecule has 2 unspecified atom stereocenters. The van der Waals surface area contributed by atoms with Gasteiger partial charge in [-0.1, -0.05) is 37.6 Å². The molecule has 0 bridgehead atoms. The smallest absolute Gasteiger partial charge is 0.166 e. The van der Waals surface area contributed by atoms with Crippen LogP contribution in [0.1, 0.15) is 38.2 Å². The largest absolute Gasteiger partial charge is 0.333 e. The molecule has 2 N–H and O–H groups in total. The number of nitrogens with zero attached hydrogens (tertiary/aromatic N) is 1. The summed E-state index contributed by atoms with van der Waals surface area (Å²) in [6.45, 7) is 5.37. The standard InChI is InChI=1S/C16H23N3S/c1-3-17-13-6-4-5-7-15(13)20-16-18-12-9-8-11(2)10-14(12)19-16/h8-10,13,15,17H,3-7H2,1-2H3,(H,18,19). The van der Waals surface area contributed by atoms with Crippen LogP contribution >= 0.6 is 11.8 Å². The molecule has 0 aliphatic heterocycles. The van der Waals surface area contributed by atoms with Gasteiger partial charge in [0.1, 0.15) is 0 Å². The Morgan fingerprint density at radius 1 is 1.35 bits per heavy atom. The van der Waals surface area contributed by atoms with E-state index in [0.29, 0.717) is 11.3 Å². The van der Waals surface area contributed by atoms with Crippen molar-refractivity contribution in [1.29, 1.82) is 0 Å². The molecule has 3 nitrogen and oxygen atoms in total. The van der Waals surface area contributed by atoms with E-state index < -0.39 is 0 Å². The highest BCUT2D eigenvalue weighted by Crippen LogP contribution is 2.33. The summed E-state index contributed by atoms with van der Waals surface area (Å²) in [7, 11) is 0. The fraction of sp³-hybridized carbons (Fsp3) is 0.562. The summed E-state index contributed by atoms with van der Waals surface area (Å²) < 4.78 is 0. The topological polar surface area (TPSA) is 40.7 Å². The minimum absolute atomic E-state index is 0.633. The first-order valence-corrected chi connectivity index (χ1v) is 8.50. The third-order valence-electron chi connectivity index (χ3n) is 4.05. The van der Waals surface area contributed by atoms with Gasteiger partial charge >= 0.3 is 0 Å². The van der Waals surface area contributed by atoms with Crippen molar-refractivity contribution in [1.82, 2.24) is 15.3 Å². The number of H-pyrrole nitrogens is 1. The molecule has 1 heterocycles. The fourth-order valence-corrected chi connectivity index (χ4v) is 4.32. The van der Waals surface area contributed by atoms with Crippen molar-refractivity contribution in [3.05, 3.63) is 23.8 Å². The second kappa shape index (κ2) is 6.19. The van der Waals surface area contributed by atoms with E-state index in [9.17, 15) is 0 Å². The van der Waals surface area contributed by atoms with Crippen molar-refractivity contribution < 1.29 is 0 Å². The van der Waals surface area contributed by atoms with Crippen molar-refractivity contribution >= 4 is 22.8 Å². The molecule has 108 valence electrons. The molecule has 1 fully saturated rings. The number of aromatic nitrogens is 2. The summed E-state index contributed by atoms with van der Waals surface area (Å²) in [5.41, 5.74) is 3.51. The summed E-state index contributed by atoms with van der Waals surface area (Å²) in [5.74, 6) is 0. The highest BCUT2D eigenvalue weighted by Gasteiger charge is 2.26. The van der Waals surface area contributed by atoms with Gasteiger partial charge < -0.3 is 10.3 Å². The number of thioether (sulfide) groups is 1. The molecule has 2 aromatic rings. The van der Waals surface area contributed by atoms with Crippen LogP contribution in [-0.2, 0) is 0 Å². The molecule has 0 amide bonds. The van der Waals surface area contributed by atoms with Crippen molar-refractivity contribution in [3.8, 4) is 0 Å². The Bertz CT molecular complexity index is 576. The van der Waals surface area contributed by atoms with E-state index in [0.717, 1.165) is 22.7 Å². The molecule has 3 rings (SSSR count). The van der Waals surface area contributed by atoms with Gasteiger partial charge in [0.25, 0.3) is 0 Å². The summed E-state index contributed by atoms with van der Waals surface area (Å²) >= 11 is 1.92. The lowest BCUT2D eigenvalue weighted by atomic mass is 9.95. The van der Waals surface area contributed by atoms with Crippen molar-refractivity contribution in [2.45, 2.75) is 56.0 Å². The Balaban J connectivity index is 1.77. The van der Waals surface area contributed by atoms with Gasteiger partial charge in [0.2, 0.25) is 0 Å². The minimum Gasteiger partial charge on any atom is -0.333 e. The predicted octanol–water partition coefficient (Wildman–Crippen LogP) is 3.88. The van der Waals surface area contributed by atoms with E-state index >= 15 is 0 Å². The van der Waals surface area contributed by atoms with Crippen LogP contribution in [0, 0.1) is 6.92 Å². The molecule has 0 radical (unpaired) electrons. The lowest BCUT2D eigenvalue weighted by Crippen LogP contribution is -2.40. The van der Waals surface area contributed by atoms with Gasteiger partial charge in [0, 0.05) is 11.3 Å². The maximum Gasteiger partial charge on any atom is 0.166 e. The van der Waals surface area contributed by atoms with Gasteiger partial charge in [-0.25, -0.2) is 4.98 Å². The zero-order valence-corrected chi connectivity index (χ0v) is 13.1. The molecule has 1 aliphatic rings. The molecule has 0 saturated heterocycles. The van der Waals surface area contributed by atoms with Crippen LogP contribution in [0.4, 0.5) is 0 Å². The normalized spacial score (nSPS) is 23.3. The maximum atomic E-state index is 4.72. The maximum absolute atomic E-state index is 4.72. The van der Waals surface area contributed by atoms with Gasteiger partial charge in [-0.05, 0) is 44.0 Å². The Kier molecular flexibility index (Phi) is 4.32. The zero-order valence-electron chi connectivity index (χ0n) is 12.3. The number of rotatable bonds is 4. The Morgan fingerprint density at radius 3 is 3.05 bits per heavy atom. The van der Waals surface area contributed by atoms with E-state index in [1.807, 2.05) is 11.8 Å². The first-order chi connectivity index (χ1) is 9.76. The van der Waals surface area contributed by atoms with Crippen molar-refractivity contribution in [2.75, 3.05) is 6.54 Å². The SMILES string of the molecule is CCNC1CCCCC1Sc1nc2ccc(C)cc2[nH]1. The van der Waals surface area contributed by atoms with Crippen molar-refractivity contribution in [3.63, 3.8) is 0 Å². The lowest BCUT2D eigenvalue weighted by molar-refractivity contribution is 0.390. The fourth-order valence-electron chi connectivity index (χ4n) is 3.03. The van der Waals surface area contributed by atoms with E-state index in [4.69, 9.17) is 4.98 Å². The lowest BCUT2D eigenvalue weighted by Gasteiger charge is -2.30. The Morgan fingerprint density at radius 2 is 2.20 bits per heavy atom. The number of aryl methyl sites for hydroxylation is 1. The zero-order chi connectivity index (χ0) is 13.9. The second-order valence-electron chi connectivity index (χ2n) is 5.67. The van der Waals surface area contributed by atoms with Gasteiger partial charge in [-0.3, -0.25) is 0 Å². The monoisotopic (exact) mass is 289 g/mol. The molecule has 1 aliphatic carbocycles. The molecular weight excluding hydrogens is 266 g/mol. The van der Waals surface area contributed by atoms with E-state index in [1.165, 1.54) is 31.2 Å². The van der Waals surface area contributed by atoms with Crippen LogP contribution in [0.3, 0.4) is 0 Å². The van der Waals surface area contributed by atoms with Crippen LogP contribution in [0.15, 0.2) is 23.4 Å². The van der Waals surface area contributed by atoms with Crippen LogP contribution in [0.5, 0.6) is 0 Å². The minimum atomic E-state index is 0.633. The number of hydrogen-bond acceptors (Lipinski definition) is 3. The number of imidazole rings is 1. The summed E-state index contributed by atoms with van der Waals surface area (Å²) in [6, 6.07) is 7.04. The van der Waals surface area contributed by atoms with Gasteiger partial charge in [0.15, 0.2) is 5.16 Å². The number of hydrogen-bond donors (Lipinski definition) is 2. The van der Waals surface area contributed by atoms with Gasteiger partial charge in [-0.2, -0.15) is 0 Å². The van der Waals surface area contributed by atoms with Crippen LogP contribution in [0.25, 0.3) is 11.0 Å². The molecule has 0 spiro atoms. The first-order valence-electron chi connectivity index (χ1n) is 7.62. The Hall–Kier alpha value is -1.00. The number of fused-ring (bicyclic) bond motifs is 1. The van der Waals surface area contributed by atoms with E-state index in [-0.39, 0.29) is 0 Å². The van der Waals surface area contributed by atoms with Crippen LogP contribution in [0.2, 0.25) is 0 Å². The first kappa shape index (κ1) is 14.0. The van der Waals surface area contributed by atoms with Crippen LogP contribution < -0.4 is 5.32 Å². The highest BCUT2D eigenvalue weighted by atomic mass is 32.2. The Labute approximate surface area is 124 Å². The third-order valence-corrected chi connectivity index (χ3v) is 5.33. The van der Waals surface area contributed by atoms with Gasteiger partial charge in [-0.15, -0.1) is 0 Å². The highest BCUT2D eigenvalue weighted by molar-refractivity contribution is 7.99. The van der Waals surface area contributed by atoms with Gasteiger partial charge in [0.05, 0.1) is 11.0 Å².